The third-order valence-corrected chi connectivity index (χ3v) is 5.77. The van der Waals surface area contributed by atoms with E-state index in [1.54, 1.807) is 0 Å². The number of nitrogens with one attached hydrogen (secondary N) is 2. The maximum absolute atomic E-state index is 12.7. The Balaban J connectivity index is 1.38. The molecule has 0 radical (unpaired) electrons. The van der Waals surface area contributed by atoms with Crippen molar-refractivity contribution in [1.29, 1.82) is 0 Å². The number of rotatable bonds is 5. The molecule has 2 aliphatic rings. The fourth-order valence-corrected chi connectivity index (χ4v) is 3.78. The molecule has 0 aromatic carbocycles. The number of pyridine rings is 1. The average molecular weight is 414 g/mol. The molecule has 1 saturated heterocycles. The van der Waals surface area contributed by atoms with E-state index in [9.17, 15) is 19.2 Å². The second-order valence-electron chi connectivity index (χ2n) is 8.14. The van der Waals surface area contributed by atoms with Crippen molar-refractivity contribution in [1.82, 2.24) is 29.7 Å². The molecule has 2 N–H and O–H groups in total. The lowest BCUT2D eigenvalue weighted by atomic mass is 10.0. The molecule has 160 valence electrons. The SMILES string of the molecule is Cn1c(=O)c2ccc(C(=O)NC3CCN(CC(=O)NC4CC4)CC3)nc2n(C)c1=O. The normalized spacial score (nSPS) is 17.8. The predicted molar refractivity (Wildman–Crippen MR) is 110 cm³/mol. The number of fused-ring (bicyclic) bond motifs is 1. The Hall–Kier alpha value is -3.01. The lowest BCUT2D eigenvalue weighted by Gasteiger charge is -2.31. The van der Waals surface area contributed by atoms with Gasteiger partial charge < -0.3 is 10.6 Å². The van der Waals surface area contributed by atoms with E-state index in [1.165, 1.54) is 30.8 Å². The van der Waals surface area contributed by atoms with Gasteiger partial charge in [-0.25, -0.2) is 9.78 Å². The van der Waals surface area contributed by atoms with Crippen molar-refractivity contribution in [2.45, 2.75) is 37.8 Å². The molecule has 2 aromatic heterocycles. The molecule has 30 heavy (non-hydrogen) atoms. The molecular weight excluding hydrogens is 388 g/mol. The predicted octanol–water partition coefficient (Wildman–Crippen LogP) is -0.895. The number of aromatic nitrogens is 3. The molecule has 0 spiro atoms. The number of amides is 2. The fourth-order valence-electron chi connectivity index (χ4n) is 3.78. The average Bonchev–Trinajstić information content (AvgIpc) is 3.55. The topological polar surface area (TPSA) is 118 Å². The third kappa shape index (κ3) is 4.13. The zero-order valence-corrected chi connectivity index (χ0v) is 17.2. The molecule has 2 amide bonds. The van der Waals surface area contributed by atoms with Crippen LogP contribution in [-0.4, -0.2) is 62.6 Å². The standard InChI is InChI=1S/C20H26N6O4/c1-24-17-14(19(29)25(2)20(24)30)5-6-15(23-17)18(28)22-13-7-9-26(10-8-13)11-16(27)21-12-3-4-12/h5-6,12-13H,3-4,7-11H2,1-2H3,(H,21,27)(H,22,28). The summed E-state index contributed by atoms with van der Waals surface area (Å²) in [5.74, 6) is -0.271. The number of nitrogens with zero attached hydrogens (tertiary/aromatic N) is 4. The van der Waals surface area contributed by atoms with E-state index in [2.05, 4.69) is 20.5 Å². The number of carbonyl (C=O) groups is 2. The molecule has 1 aliphatic heterocycles. The van der Waals surface area contributed by atoms with E-state index in [1.807, 2.05) is 0 Å². The Bertz CT molecular complexity index is 1110. The number of carbonyl (C=O) groups excluding carboxylic acids is 2. The summed E-state index contributed by atoms with van der Waals surface area (Å²) in [4.78, 5) is 55.3. The van der Waals surface area contributed by atoms with Crippen LogP contribution in [0.15, 0.2) is 21.7 Å². The second-order valence-corrected chi connectivity index (χ2v) is 8.14. The van der Waals surface area contributed by atoms with Gasteiger partial charge >= 0.3 is 5.69 Å². The van der Waals surface area contributed by atoms with Gasteiger partial charge in [-0.3, -0.25) is 28.4 Å². The van der Waals surface area contributed by atoms with E-state index >= 15 is 0 Å². The molecule has 3 heterocycles. The number of piperidine rings is 1. The van der Waals surface area contributed by atoms with Gasteiger partial charge in [-0.15, -0.1) is 0 Å². The van der Waals surface area contributed by atoms with Crippen molar-refractivity contribution >= 4 is 22.8 Å². The number of hydrogen-bond acceptors (Lipinski definition) is 6. The van der Waals surface area contributed by atoms with E-state index in [0.717, 1.165) is 43.3 Å². The highest BCUT2D eigenvalue weighted by atomic mass is 16.2. The monoisotopic (exact) mass is 414 g/mol. The smallest absolute Gasteiger partial charge is 0.332 e. The zero-order chi connectivity index (χ0) is 21.4. The lowest BCUT2D eigenvalue weighted by molar-refractivity contribution is -0.122. The number of aryl methyl sites for hydroxylation is 1. The molecule has 2 fully saturated rings. The Kier molecular flexibility index (Phi) is 5.42. The molecule has 1 saturated carbocycles. The first-order valence-electron chi connectivity index (χ1n) is 10.2. The molecule has 0 unspecified atom stereocenters. The lowest BCUT2D eigenvalue weighted by Crippen LogP contribution is -2.47. The van der Waals surface area contributed by atoms with Crippen LogP contribution >= 0.6 is 0 Å². The van der Waals surface area contributed by atoms with Crippen molar-refractivity contribution < 1.29 is 9.59 Å². The van der Waals surface area contributed by atoms with Crippen LogP contribution < -0.4 is 21.9 Å². The first kappa shape index (κ1) is 20.3. The highest BCUT2D eigenvalue weighted by Gasteiger charge is 2.26. The Labute approximate surface area is 172 Å². The minimum absolute atomic E-state index is 0.00907. The minimum atomic E-state index is -0.490. The largest absolute Gasteiger partial charge is 0.352 e. The van der Waals surface area contributed by atoms with Crippen LogP contribution in [0.25, 0.3) is 11.0 Å². The summed E-state index contributed by atoms with van der Waals surface area (Å²) in [7, 11) is 2.93. The van der Waals surface area contributed by atoms with Gasteiger partial charge in [0, 0.05) is 39.3 Å². The van der Waals surface area contributed by atoms with Crippen LogP contribution in [0.4, 0.5) is 0 Å². The summed E-state index contributed by atoms with van der Waals surface area (Å²) < 4.78 is 2.28. The maximum Gasteiger partial charge on any atom is 0.332 e. The van der Waals surface area contributed by atoms with E-state index in [4.69, 9.17) is 0 Å². The molecule has 10 nitrogen and oxygen atoms in total. The van der Waals surface area contributed by atoms with Crippen molar-refractivity contribution in [3.8, 4) is 0 Å². The van der Waals surface area contributed by atoms with Crippen LogP contribution in [0, 0.1) is 0 Å². The van der Waals surface area contributed by atoms with Gasteiger partial charge in [-0.2, -0.15) is 0 Å². The summed E-state index contributed by atoms with van der Waals surface area (Å²) in [5.41, 5.74) is -0.578. The van der Waals surface area contributed by atoms with Crippen LogP contribution in [0.5, 0.6) is 0 Å². The van der Waals surface area contributed by atoms with Gasteiger partial charge in [0.2, 0.25) is 5.91 Å². The number of likely N-dealkylation sites (tertiary alicyclic amines) is 1. The quantitative estimate of drug-likeness (QED) is 0.655. The Morgan fingerprint density at radius 3 is 2.33 bits per heavy atom. The minimum Gasteiger partial charge on any atom is -0.352 e. The van der Waals surface area contributed by atoms with E-state index in [0.29, 0.717) is 12.6 Å². The molecule has 2 aromatic rings. The first-order chi connectivity index (χ1) is 14.3. The highest BCUT2D eigenvalue weighted by Crippen LogP contribution is 2.18. The van der Waals surface area contributed by atoms with Crippen molar-refractivity contribution in [2.75, 3.05) is 19.6 Å². The van der Waals surface area contributed by atoms with Crippen molar-refractivity contribution in [3.63, 3.8) is 0 Å². The molecular formula is C20H26N6O4. The van der Waals surface area contributed by atoms with Crippen molar-refractivity contribution in [3.05, 3.63) is 38.7 Å². The van der Waals surface area contributed by atoms with Gasteiger partial charge in [0.15, 0.2) is 0 Å². The molecule has 4 rings (SSSR count). The molecule has 10 heteroatoms. The van der Waals surface area contributed by atoms with Gasteiger partial charge in [-0.05, 0) is 37.8 Å². The Morgan fingerprint density at radius 2 is 1.67 bits per heavy atom. The van der Waals surface area contributed by atoms with E-state index < -0.39 is 11.2 Å². The second kappa shape index (κ2) is 8.02. The van der Waals surface area contributed by atoms with Crippen LogP contribution in [-0.2, 0) is 18.9 Å². The van der Waals surface area contributed by atoms with E-state index in [-0.39, 0.29) is 34.6 Å². The maximum atomic E-state index is 12.7. The summed E-state index contributed by atoms with van der Waals surface area (Å²) in [5, 5.41) is 6.25. The summed E-state index contributed by atoms with van der Waals surface area (Å²) in [6, 6.07) is 3.38. The summed E-state index contributed by atoms with van der Waals surface area (Å²) in [6.45, 7) is 1.86. The Morgan fingerprint density at radius 1 is 1.00 bits per heavy atom. The van der Waals surface area contributed by atoms with Gasteiger partial charge in [0.25, 0.3) is 11.5 Å². The first-order valence-corrected chi connectivity index (χ1v) is 10.2. The zero-order valence-electron chi connectivity index (χ0n) is 17.2. The van der Waals surface area contributed by atoms with Crippen LogP contribution in [0.3, 0.4) is 0 Å². The fraction of sp³-hybridized carbons (Fsp3) is 0.550. The van der Waals surface area contributed by atoms with Gasteiger partial charge in [0.05, 0.1) is 11.9 Å². The molecule has 1 aliphatic carbocycles. The third-order valence-electron chi connectivity index (χ3n) is 5.77. The van der Waals surface area contributed by atoms with Gasteiger partial charge in [0.1, 0.15) is 11.3 Å². The summed E-state index contributed by atoms with van der Waals surface area (Å²) >= 11 is 0. The molecule has 0 bridgehead atoms. The number of hydrogen-bond donors (Lipinski definition) is 2. The van der Waals surface area contributed by atoms with Gasteiger partial charge in [-0.1, -0.05) is 0 Å². The van der Waals surface area contributed by atoms with Crippen molar-refractivity contribution in [2.24, 2.45) is 14.1 Å². The van der Waals surface area contributed by atoms with Crippen LogP contribution in [0.2, 0.25) is 0 Å². The highest BCUT2D eigenvalue weighted by molar-refractivity contribution is 5.94. The molecule has 0 atom stereocenters. The summed E-state index contributed by atoms with van der Waals surface area (Å²) in [6.07, 6.45) is 3.64. The van der Waals surface area contributed by atoms with Crippen LogP contribution in [0.1, 0.15) is 36.2 Å².